The fourth-order valence-electron chi connectivity index (χ4n) is 2.67. The molecule has 0 unspecified atom stereocenters. The second kappa shape index (κ2) is 3.95. The van der Waals surface area contributed by atoms with Gasteiger partial charge in [-0.2, -0.15) is 0 Å². The Bertz CT molecular complexity index is 492. The zero-order valence-corrected chi connectivity index (χ0v) is 9.82. The summed E-state index contributed by atoms with van der Waals surface area (Å²) in [5, 5.41) is 1.36. The van der Waals surface area contributed by atoms with Crippen LogP contribution in [0.3, 0.4) is 0 Å². The van der Waals surface area contributed by atoms with Gasteiger partial charge in [-0.15, -0.1) is 0 Å². The molecule has 0 aliphatic carbocycles. The van der Waals surface area contributed by atoms with Gasteiger partial charge in [0, 0.05) is 24.8 Å². The third-order valence-electron chi connectivity index (χ3n) is 3.64. The molecule has 0 N–H and O–H groups in total. The molecule has 16 heavy (non-hydrogen) atoms. The average molecular weight is 214 g/mol. The average Bonchev–Trinajstić information content (AvgIpc) is 2.90. The van der Waals surface area contributed by atoms with Gasteiger partial charge in [0.1, 0.15) is 0 Å². The molecule has 0 saturated carbocycles. The summed E-state index contributed by atoms with van der Waals surface area (Å²) in [5.74, 6) is 0. The Hall–Kier alpha value is -1.28. The number of nitrogens with zero attached hydrogens (tertiary/aromatic N) is 2. The van der Waals surface area contributed by atoms with E-state index in [-0.39, 0.29) is 0 Å². The fraction of sp³-hybridized carbons (Fsp3) is 0.429. The van der Waals surface area contributed by atoms with Crippen LogP contribution < -0.4 is 0 Å². The molecule has 0 atom stereocenters. The van der Waals surface area contributed by atoms with E-state index in [4.69, 9.17) is 0 Å². The van der Waals surface area contributed by atoms with Crippen LogP contribution in [0, 0.1) is 0 Å². The first-order chi connectivity index (χ1) is 7.84. The van der Waals surface area contributed by atoms with Crippen molar-refractivity contribution in [1.82, 2.24) is 9.47 Å². The summed E-state index contributed by atoms with van der Waals surface area (Å²) in [7, 11) is 2.17. The van der Waals surface area contributed by atoms with E-state index in [9.17, 15) is 0 Å². The standard InChI is InChI=1S/C14H18N2/c1-15-13(11-16-8-4-5-9-16)10-12-6-2-3-7-14(12)15/h2-3,6-7,10H,4-5,8-9,11H2,1H3. The number of benzene rings is 1. The predicted octanol–water partition coefficient (Wildman–Crippen LogP) is 2.77. The van der Waals surface area contributed by atoms with E-state index >= 15 is 0 Å². The zero-order chi connectivity index (χ0) is 11.0. The lowest BCUT2D eigenvalue weighted by Crippen LogP contribution is -2.19. The van der Waals surface area contributed by atoms with Gasteiger partial charge in [-0.1, -0.05) is 18.2 Å². The maximum atomic E-state index is 2.55. The molecule has 1 aromatic carbocycles. The van der Waals surface area contributed by atoms with Crippen molar-refractivity contribution in [1.29, 1.82) is 0 Å². The Morgan fingerprint density at radius 2 is 1.88 bits per heavy atom. The summed E-state index contributed by atoms with van der Waals surface area (Å²) in [4.78, 5) is 2.55. The molecule has 0 amide bonds. The van der Waals surface area contributed by atoms with Crippen LogP contribution in [0.4, 0.5) is 0 Å². The van der Waals surface area contributed by atoms with Gasteiger partial charge in [-0.25, -0.2) is 0 Å². The van der Waals surface area contributed by atoms with Crippen molar-refractivity contribution in [3.05, 3.63) is 36.0 Å². The predicted molar refractivity (Wildman–Crippen MR) is 67.4 cm³/mol. The minimum Gasteiger partial charge on any atom is -0.346 e. The lowest BCUT2D eigenvalue weighted by Gasteiger charge is -2.14. The third kappa shape index (κ3) is 1.63. The van der Waals surface area contributed by atoms with Crippen LogP contribution in [0.5, 0.6) is 0 Å². The molecule has 1 aliphatic rings. The number of aromatic nitrogens is 1. The number of hydrogen-bond donors (Lipinski definition) is 0. The third-order valence-corrected chi connectivity index (χ3v) is 3.64. The molecule has 0 spiro atoms. The summed E-state index contributed by atoms with van der Waals surface area (Å²) in [6, 6.07) is 10.9. The number of para-hydroxylation sites is 1. The highest BCUT2D eigenvalue weighted by molar-refractivity contribution is 5.81. The van der Waals surface area contributed by atoms with E-state index in [0.717, 1.165) is 6.54 Å². The molecule has 1 saturated heterocycles. The van der Waals surface area contributed by atoms with Gasteiger partial charge in [-0.05, 0) is 43.5 Å². The van der Waals surface area contributed by atoms with Crippen molar-refractivity contribution in [3.63, 3.8) is 0 Å². The van der Waals surface area contributed by atoms with Gasteiger partial charge < -0.3 is 4.57 Å². The summed E-state index contributed by atoms with van der Waals surface area (Å²) in [5.41, 5.74) is 2.78. The Kier molecular flexibility index (Phi) is 2.44. The first-order valence-corrected chi connectivity index (χ1v) is 6.10. The minimum absolute atomic E-state index is 1.10. The van der Waals surface area contributed by atoms with Gasteiger partial charge in [0.2, 0.25) is 0 Å². The number of likely N-dealkylation sites (tertiary alicyclic amines) is 1. The Balaban J connectivity index is 1.94. The van der Waals surface area contributed by atoms with Crippen molar-refractivity contribution in [2.75, 3.05) is 13.1 Å². The van der Waals surface area contributed by atoms with E-state index in [1.807, 2.05) is 0 Å². The molecule has 0 bridgehead atoms. The molecule has 0 radical (unpaired) electrons. The SMILES string of the molecule is Cn1c(CN2CCCC2)cc2ccccc21. The highest BCUT2D eigenvalue weighted by atomic mass is 15.2. The highest BCUT2D eigenvalue weighted by Crippen LogP contribution is 2.20. The Morgan fingerprint density at radius 3 is 2.62 bits per heavy atom. The lowest BCUT2D eigenvalue weighted by atomic mass is 10.2. The van der Waals surface area contributed by atoms with E-state index < -0.39 is 0 Å². The minimum atomic E-state index is 1.10. The summed E-state index contributed by atoms with van der Waals surface area (Å²) >= 11 is 0. The quantitative estimate of drug-likeness (QED) is 0.746. The topological polar surface area (TPSA) is 8.17 Å². The maximum Gasteiger partial charge on any atom is 0.0480 e. The van der Waals surface area contributed by atoms with Crippen LogP contribution in [-0.4, -0.2) is 22.6 Å². The van der Waals surface area contributed by atoms with Crippen molar-refractivity contribution < 1.29 is 0 Å². The second-order valence-corrected chi connectivity index (χ2v) is 4.74. The smallest absolute Gasteiger partial charge is 0.0480 e. The normalized spacial score (nSPS) is 17.3. The molecular formula is C14H18N2. The largest absolute Gasteiger partial charge is 0.346 e. The van der Waals surface area contributed by atoms with E-state index in [1.165, 1.54) is 42.5 Å². The van der Waals surface area contributed by atoms with Gasteiger partial charge >= 0.3 is 0 Å². The lowest BCUT2D eigenvalue weighted by molar-refractivity contribution is 0.324. The molecule has 1 aromatic heterocycles. The number of fused-ring (bicyclic) bond motifs is 1. The molecule has 1 fully saturated rings. The molecule has 3 rings (SSSR count). The monoisotopic (exact) mass is 214 g/mol. The fourth-order valence-corrected chi connectivity index (χ4v) is 2.67. The Morgan fingerprint density at radius 1 is 1.12 bits per heavy atom. The van der Waals surface area contributed by atoms with E-state index in [1.54, 1.807) is 0 Å². The van der Waals surface area contributed by atoms with Crippen LogP contribution in [0.1, 0.15) is 18.5 Å². The maximum absolute atomic E-state index is 2.55. The number of rotatable bonds is 2. The van der Waals surface area contributed by atoms with E-state index in [2.05, 4.69) is 46.8 Å². The van der Waals surface area contributed by atoms with Crippen LogP contribution in [0.25, 0.3) is 10.9 Å². The second-order valence-electron chi connectivity index (χ2n) is 4.74. The summed E-state index contributed by atoms with van der Waals surface area (Å²) in [6.45, 7) is 3.63. The van der Waals surface area contributed by atoms with Crippen molar-refractivity contribution >= 4 is 10.9 Å². The van der Waals surface area contributed by atoms with Gasteiger partial charge in [-0.3, -0.25) is 4.90 Å². The van der Waals surface area contributed by atoms with Crippen LogP contribution in [-0.2, 0) is 13.6 Å². The van der Waals surface area contributed by atoms with Crippen LogP contribution >= 0.6 is 0 Å². The van der Waals surface area contributed by atoms with Crippen molar-refractivity contribution in [2.24, 2.45) is 7.05 Å². The first-order valence-electron chi connectivity index (χ1n) is 6.10. The van der Waals surface area contributed by atoms with Gasteiger partial charge in [0.05, 0.1) is 0 Å². The molecule has 2 heterocycles. The zero-order valence-electron chi connectivity index (χ0n) is 9.82. The molecule has 2 nitrogen and oxygen atoms in total. The summed E-state index contributed by atoms with van der Waals surface area (Å²) < 4.78 is 2.33. The number of hydrogen-bond acceptors (Lipinski definition) is 1. The van der Waals surface area contributed by atoms with E-state index in [0.29, 0.717) is 0 Å². The molecular weight excluding hydrogens is 196 g/mol. The van der Waals surface area contributed by atoms with Crippen LogP contribution in [0.2, 0.25) is 0 Å². The van der Waals surface area contributed by atoms with Crippen molar-refractivity contribution in [3.8, 4) is 0 Å². The van der Waals surface area contributed by atoms with Gasteiger partial charge in [0.25, 0.3) is 0 Å². The molecule has 2 heteroatoms. The highest BCUT2D eigenvalue weighted by Gasteiger charge is 2.14. The molecule has 84 valence electrons. The number of aryl methyl sites for hydroxylation is 1. The molecule has 2 aromatic rings. The summed E-state index contributed by atoms with van der Waals surface area (Å²) in [6.07, 6.45) is 2.73. The molecule has 1 aliphatic heterocycles. The van der Waals surface area contributed by atoms with Crippen LogP contribution in [0.15, 0.2) is 30.3 Å². The Labute approximate surface area is 96.5 Å². The van der Waals surface area contributed by atoms with Crippen molar-refractivity contribution in [2.45, 2.75) is 19.4 Å². The first kappa shape index (κ1) is 9.91. The van der Waals surface area contributed by atoms with Gasteiger partial charge in [0.15, 0.2) is 0 Å².